The van der Waals surface area contributed by atoms with Gasteiger partial charge in [0.1, 0.15) is 12.2 Å². The van der Waals surface area contributed by atoms with Gasteiger partial charge in [0.25, 0.3) is 5.56 Å². The van der Waals surface area contributed by atoms with E-state index in [1.54, 1.807) is 6.20 Å². The summed E-state index contributed by atoms with van der Waals surface area (Å²) >= 11 is 0. The molecule has 0 aliphatic carbocycles. The summed E-state index contributed by atoms with van der Waals surface area (Å²) in [7, 11) is 0. The van der Waals surface area contributed by atoms with Crippen molar-refractivity contribution < 1.29 is 4.79 Å². The average molecular weight is 354 g/mol. The number of hydrogen-bond donors (Lipinski definition) is 4. The molecular formula is C16H18N8O2. The van der Waals surface area contributed by atoms with Gasteiger partial charge in [0.15, 0.2) is 5.82 Å². The summed E-state index contributed by atoms with van der Waals surface area (Å²) in [6.07, 6.45) is 4.72. The highest BCUT2D eigenvalue weighted by atomic mass is 16.2. The number of nitrogens with two attached hydrogens (primary N) is 1. The van der Waals surface area contributed by atoms with Crippen molar-refractivity contribution in [3.05, 3.63) is 40.3 Å². The number of fused-ring (bicyclic) bond motifs is 2. The maximum absolute atomic E-state index is 12.4. The number of aromatic amines is 1. The molecule has 0 bridgehead atoms. The molecular weight excluding hydrogens is 336 g/mol. The number of nitrogens with one attached hydrogen (secondary N) is 3. The Bertz CT molecular complexity index is 1040. The number of anilines is 2. The normalized spacial score (nSPS) is 13.2. The zero-order valence-electron chi connectivity index (χ0n) is 14.0. The predicted octanol–water partition coefficient (Wildman–Crippen LogP) is -0.229. The molecule has 1 amide bonds. The van der Waals surface area contributed by atoms with E-state index >= 15 is 0 Å². The molecule has 10 heteroatoms. The summed E-state index contributed by atoms with van der Waals surface area (Å²) in [5.41, 5.74) is 8.33. The molecule has 0 fully saturated rings. The third-order valence-electron chi connectivity index (χ3n) is 4.33. The van der Waals surface area contributed by atoms with E-state index < -0.39 is 0 Å². The lowest BCUT2D eigenvalue weighted by molar-refractivity contribution is -0.121. The molecule has 0 radical (unpaired) electrons. The Hall–Kier alpha value is -3.43. The third kappa shape index (κ3) is 2.96. The lowest BCUT2D eigenvalue weighted by Gasteiger charge is -2.17. The average Bonchev–Trinajstić information content (AvgIpc) is 3.07. The highest BCUT2D eigenvalue weighted by Gasteiger charge is 2.16. The summed E-state index contributed by atoms with van der Waals surface area (Å²) in [6.45, 7) is 0.929. The van der Waals surface area contributed by atoms with Gasteiger partial charge >= 0.3 is 0 Å². The second kappa shape index (κ2) is 6.47. The van der Waals surface area contributed by atoms with Crippen LogP contribution in [0, 0.1) is 0 Å². The monoisotopic (exact) mass is 354 g/mol. The molecule has 0 aromatic carbocycles. The number of aromatic nitrogens is 5. The van der Waals surface area contributed by atoms with Gasteiger partial charge in [0.05, 0.1) is 30.3 Å². The first-order valence-corrected chi connectivity index (χ1v) is 8.29. The second-order valence-corrected chi connectivity index (χ2v) is 6.16. The molecule has 0 atom stereocenters. The van der Waals surface area contributed by atoms with E-state index in [0.717, 1.165) is 41.7 Å². The van der Waals surface area contributed by atoms with Crippen LogP contribution in [0.3, 0.4) is 0 Å². The fourth-order valence-corrected chi connectivity index (χ4v) is 3.02. The van der Waals surface area contributed by atoms with Crippen LogP contribution in [0.5, 0.6) is 0 Å². The van der Waals surface area contributed by atoms with Gasteiger partial charge in [-0.3, -0.25) is 14.2 Å². The van der Waals surface area contributed by atoms with Gasteiger partial charge in [-0.05, 0) is 18.9 Å². The number of hydrogen-bond acceptors (Lipinski definition) is 7. The molecule has 0 saturated heterocycles. The Kier molecular flexibility index (Phi) is 3.99. The van der Waals surface area contributed by atoms with Crippen LogP contribution in [0.15, 0.2) is 23.4 Å². The Labute approximate surface area is 147 Å². The highest BCUT2D eigenvalue weighted by Crippen LogP contribution is 2.18. The lowest BCUT2D eigenvalue weighted by Crippen LogP contribution is -2.34. The molecule has 3 aromatic heterocycles. The predicted molar refractivity (Wildman–Crippen MR) is 95.5 cm³/mol. The molecule has 0 saturated carbocycles. The van der Waals surface area contributed by atoms with Gasteiger partial charge in [-0.1, -0.05) is 0 Å². The first-order valence-electron chi connectivity index (χ1n) is 8.29. The lowest BCUT2D eigenvalue weighted by atomic mass is 10.1. The SMILES string of the molecule is Nc1nncc2[nH]c(CNC(=O)Cn3cnc4c(c3=O)NCCC4)cc12. The molecule has 1 aliphatic heterocycles. The molecule has 4 rings (SSSR count). The number of H-pyrrole nitrogens is 1. The number of aryl methyl sites for hydroxylation is 1. The third-order valence-corrected chi connectivity index (χ3v) is 4.33. The molecule has 4 heterocycles. The van der Waals surface area contributed by atoms with E-state index in [-0.39, 0.29) is 24.6 Å². The minimum Gasteiger partial charge on any atom is -0.382 e. The minimum absolute atomic E-state index is 0.0910. The van der Waals surface area contributed by atoms with E-state index in [9.17, 15) is 9.59 Å². The van der Waals surface area contributed by atoms with Crippen LogP contribution < -0.4 is 21.9 Å². The van der Waals surface area contributed by atoms with Crippen molar-refractivity contribution in [1.82, 2.24) is 30.0 Å². The smallest absolute Gasteiger partial charge is 0.277 e. The number of carbonyl (C=O) groups excluding carboxylic acids is 1. The van der Waals surface area contributed by atoms with Crippen molar-refractivity contribution in [2.24, 2.45) is 0 Å². The van der Waals surface area contributed by atoms with E-state index in [1.165, 1.54) is 10.9 Å². The van der Waals surface area contributed by atoms with E-state index in [4.69, 9.17) is 5.73 Å². The fraction of sp³-hybridized carbons (Fsp3) is 0.312. The number of rotatable bonds is 4. The number of carbonyl (C=O) groups is 1. The van der Waals surface area contributed by atoms with Crippen LogP contribution in [0.2, 0.25) is 0 Å². The fourth-order valence-electron chi connectivity index (χ4n) is 3.02. The number of nitrogen functional groups attached to an aromatic ring is 1. The van der Waals surface area contributed by atoms with Crippen molar-refractivity contribution in [3.63, 3.8) is 0 Å². The van der Waals surface area contributed by atoms with Gasteiger partial charge in [0.2, 0.25) is 5.91 Å². The summed E-state index contributed by atoms with van der Waals surface area (Å²) < 4.78 is 1.31. The number of nitrogens with zero attached hydrogens (tertiary/aromatic N) is 4. The van der Waals surface area contributed by atoms with Gasteiger partial charge in [-0.15, -0.1) is 5.10 Å². The van der Waals surface area contributed by atoms with Crippen molar-refractivity contribution >= 4 is 28.3 Å². The van der Waals surface area contributed by atoms with Crippen LogP contribution in [0.1, 0.15) is 17.8 Å². The zero-order valence-corrected chi connectivity index (χ0v) is 14.0. The van der Waals surface area contributed by atoms with Crippen molar-refractivity contribution in [2.45, 2.75) is 25.9 Å². The van der Waals surface area contributed by atoms with Crippen LogP contribution in [0.4, 0.5) is 11.5 Å². The van der Waals surface area contributed by atoms with Crippen molar-refractivity contribution in [2.75, 3.05) is 17.6 Å². The van der Waals surface area contributed by atoms with Crippen LogP contribution in [-0.4, -0.2) is 37.2 Å². The molecule has 26 heavy (non-hydrogen) atoms. The van der Waals surface area contributed by atoms with Crippen molar-refractivity contribution in [1.29, 1.82) is 0 Å². The van der Waals surface area contributed by atoms with Gasteiger partial charge in [0, 0.05) is 17.6 Å². The molecule has 5 N–H and O–H groups in total. The van der Waals surface area contributed by atoms with Crippen LogP contribution in [-0.2, 0) is 24.3 Å². The van der Waals surface area contributed by atoms with Gasteiger partial charge < -0.3 is 21.4 Å². The summed E-state index contributed by atoms with van der Waals surface area (Å²) in [6, 6.07) is 1.82. The van der Waals surface area contributed by atoms with E-state index in [1.807, 2.05) is 6.07 Å². The molecule has 0 spiro atoms. The van der Waals surface area contributed by atoms with E-state index in [0.29, 0.717) is 11.5 Å². The maximum atomic E-state index is 12.4. The van der Waals surface area contributed by atoms with Crippen LogP contribution >= 0.6 is 0 Å². The van der Waals surface area contributed by atoms with Crippen LogP contribution in [0.25, 0.3) is 10.9 Å². The topological polar surface area (TPSA) is 144 Å². The molecule has 10 nitrogen and oxygen atoms in total. The number of amides is 1. The van der Waals surface area contributed by atoms with Crippen molar-refractivity contribution in [3.8, 4) is 0 Å². The Morgan fingerprint density at radius 3 is 3.15 bits per heavy atom. The summed E-state index contributed by atoms with van der Waals surface area (Å²) in [5.74, 6) is 0.0445. The Morgan fingerprint density at radius 2 is 2.31 bits per heavy atom. The maximum Gasteiger partial charge on any atom is 0.277 e. The summed E-state index contributed by atoms with van der Waals surface area (Å²) in [5, 5.41) is 14.2. The molecule has 3 aromatic rings. The second-order valence-electron chi connectivity index (χ2n) is 6.16. The Balaban J connectivity index is 1.44. The standard InChI is InChI=1S/C16H18N8O2/c17-15-10-4-9(22-12(10)6-21-23-15)5-19-13(25)7-24-8-20-11-2-1-3-18-14(11)16(24)26/h4,6,8,18,22H,1-3,5,7H2,(H2,17,23)(H,19,25). The first-order chi connectivity index (χ1) is 12.6. The van der Waals surface area contributed by atoms with Gasteiger partial charge in [-0.25, -0.2) is 4.98 Å². The molecule has 1 aliphatic rings. The highest BCUT2D eigenvalue weighted by molar-refractivity contribution is 5.88. The minimum atomic E-state index is -0.285. The quantitative estimate of drug-likeness (QED) is 0.506. The largest absolute Gasteiger partial charge is 0.382 e. The molecule has 134 valence electrons. The van der Waals surface area contributed by atoms with E-state index in [2.05, 4.69) is 30.8 Å². The van der Waals surface area contributed by atoms with Gasteiger partial charge in [-0.2, -0.15) is 5.10 Å². The zero-order chi connectivity index (χ0) is 18.1. The summed E-state index contributed by atoms with van der Waals surface area (Å²) in [4.78, 5) is 32.0. The molecule has 0 unspecified atom stereocenters. The first kappa shape index (κ1) is 16.1. The Morgan fingerprint density at radius 1 is 1.42 bits per heavy atom.